The molecule has 6 nitrogen and oxygen atoms in total. The molecule has 0 radical (unpaired) electrons. The molecule has 0 aliphatic rings. The normalized spacial score (nSPS) is 11.3. The van der Waals surface area contributed by atoms with Gasteiger partial charge in [-0.3, -0.25) is 15.1 Å². The Bertz CT molecular complexity index is 1140. The van der Waals surface area contributed by atoms with Gasteiger partial charge in [-0.1, -0.05) is 11.6 Å². The Morgan fingerprint density at radius 2 is 1.70 bits per heavy atom. The molecule has 0 unspecified atom stereocenters. The van der Waals surface area contributed by atoms with Gasteiger partial charge in [0, 0.05) is 5.39 Å². The molecule has 156 valence electrons. The number of fused-ring (bicyclic) bond motifs is 1. The summed E-state index contributed by atoms with van der Waals surface area (Å²) < 4.78 is 19.1. The maximum Gasteiger partial charge on any atom is 0.412 e. The smallest absolute Gasteiger partial charge is 0.412 e. The third-order valence-electron chi connectivity index (χ3n) is 4.27. The van der Waals surface area contributed by atoms with Crippen LogP contribution in [-0.4, -0.2) is 22.6 Å². The number of aryl methyl sites for hydroxylation is 2. The average molecular weight is 409 g/mol. The van der Waals surface area contributed by atoms with Gasteiger partial charge in [-0.25, -0.2) is 9.18 Å². The van der Waals surface area contributed by atoms with Crippen molar-refractivity contribution in [2.24, 2.45) is 0 Å². The van der Waals surface area contributed by atoms with Crippen LogP contribution in [0, 0.1) is 19.7 Å². The highest BCUT2D eigenvalue weighted by Gasteiger charge is 2.19. The first-order chi connectivity index (χ1) is 14.0. The van der Waals surface area contributed by atoms with E-state index in [4.69, 9.17) is 4.74 Å². The maximum atomic E-state index is 13.8. The Morgan fingerprint density at radius 3 is 2.40 bits per heavy atom. The van der Waals surface area contributed by atoms with Crippen molar-refractivity contribution < 1.29 is 18.7 Å². The Morgan fingerprint density at radius 1 is 0.967 bits per heavy atom. The highest BCUT2D eigenvalue weighted by atomic mass is 19.1. The molecule has 0 saturated carbocycles. The fourth-order valence-corrected chi connectivity index (χ4v) is 2.95. The molecule has 0 aliphatic heterocycles. The minimum absolute atomic E-state index is 0.120. The number of rotatable bonds is 3. The molecule has 3 rings (SSSR count). The molecule has 0 atom stereocenters. The van der Waals surface area contributed by atoms with Crippen molar-refractivity contribution in [3.05, 3.63) is 65.1 Å². The summed E-state index contributed by atoms with van der Waals surface area (Å²) in [5.41, 5.74) is 2.39. The van der Waals surface area contributed by atoms with E-state index in [9.17, 15) is 14.0 Å². The Hall–Kier alpha value is -3.48. The molecule has 1 heterocycles. The van der Waals surface area contributed by atoms with Crippen LogP contribution in [0.5, 0.6) is 0 Å². The number of carbonyl (C=O) groups excluding carboxylic acids is 2. The van der Waals surface area contributed by atoms with Crippen molar-refractivity contribution in [1.29, 1.82) is 0 Å². The molecule has 0 bridgehead atoms. The number of anilines is 2. The molecule has 3 aromatic rings. The van der Waals surface area contributed by atoms with Gasteiger partial charge in [0.15, 0.2) is 0 Å². The first-order valence-electron chi connectivity index (χ1n) is 9.51. The lowest BCUT2D eigenvalue weighted by Gasteiger charge is -2.20. The summed E-state index contributed by atoms with van der Waals surface area (Å²) in [5, 5.41) is 6.04. The maximum absolute atomic E-state index is 13.8. The molecule has 0 saturated heterocycles. The zero-order valence-electron chi connectivity index (χ0n) is 17.6. The lowest BCUT2D eigenvalue weighted by Crippen LogP contribution is -2.27. The summed E-state index contributed by atoms with van der Waals surface area (Å²) in [6.07, 6.45) is -0.705. The van der Waals surface area contributed by atoms with E-state index in [2.05, 4.69) is 15.6 Å². The number of aromatic nitrogens is 1. The van der Waals surface area contributed by atoms with Crippen LogP contribution in [0.15, 0.2) is 42.5 Å². The highest BCUT2D eigenvalue weighted by Crippen LogP contribution is 2.26. The van der Waals surface area contributed by atoms with Crippen molar-refractivity contribution >= 4 is 34.3 Å². The summed E-state index contributed by atoms with van der Waals surface area (Å²) in [4.78, 5) is 29.5. The van der Waals surface area contributed by atoms with E-state index in [1.807, 2.05) is 25.1 Å². The number of hydrogen-bond donors (Lipinski definition) is 2. The second kappa shape index (κ2) is 8.10. The lowest BCUT2D eigenvalue weighted by atomic mass is 10.1. The molecule has 2 N–H and O–H groups in total. The van der Waals surface area contributed by atoms with E-state index in [1.165, 1.54) is 12.1 Å². The number of pyridine rings is 1. The SMILES string of the molecule is Cc1ccc2nc(C)c(C(=O)Nc3cc(F)ccc3NC(=O)OC(C)(C)C)cc2c1. The van der Waals surface area contributed by atoms with Crippen molar-refractivity contribution in [3.63, 3.8) is 0 Å². The quantitative estimate of drug-likeness (QED) is 0.591. The van der Waals surface area contributed by atoms with Crippen LogP contribution < -0.4 is 10.6 Å². The van der Waals surface area contributed by atoms with Gasteiger partial charge < -0.3 is 10.1 Å². The number of benzene rings is 2. The van der Waals surface area contributed by atoms with E-state index in [1.54, 1.807) is 33.8 Å². The van der Waals surface area contributed by atoms with E-state index in [-0.39, 0.29) is 11.4 Å². The third kappa shape index (κ3) is 5.11. The summed E-state index contributed by atoms with van der Waals surface area (Å²) in [7, 11) is 0. The van der Waals surface area contributed by atoms with Gasteiger partial charge in [0.25, 0.3) is 5.91 Å². The van der Waals surface area contributed by atoms with E-state index in [0.29, 0.717) is 11.3 Å². The highest BCUT2D eigenvalue weighted by molar-refractivity contribution is 6.09. The second-order valence-corrected chi connectivity index (χ2v) is 8.09. The van der Waals surface area contributed by atoms with Crippen LogP contribution in [0.4, 0.5) is 20.6 Å². The number of carbonyl (C=O) groups is 2. The third-order valence-corrected chi connectivity index (χ3v) is 4.27. The molecule has 2 amide bonds. The number of nitrogens with one attached hydrogen (secondary N) is 2. The van der Waals surface area contributed by atoms with Gasteiger partial charge >= 0.3 is 6.09 Å². The minimum Gasteiger partial charge on any atom is -0.444 e. The predicted molar refractivity (Wildman–Crippen MR) is 115 cm³/mol. The first-order valence-corrected chi connectivity index (χ1v) is 9.51. The van der Waals surface area contributed by atoms with E-state index < -0.39 is 23.4 Å². The monoisotopic (exact) mass is 409 g/mol. The average Bonchev–Trinajstić information content (AvgIpc) is 2.62. The number of hydrogen-bond acceptors (Lipinski definition) is 4. The van der Waals surface area contributed by atoms with Crippen molar-refractivity contribution in [3.8, 4) is 0 Å². The molecule has 2 aromatic carbocycles. The van der Waals surface area contributed by atoms with Gasteiger partial charge in [0.1, 0.15) is 11.4 Å². The number of ether oxygens (including phenoxy) is 1. The van der Waals surface area contributed by atoms with E-state index >= 15 is 0 Å². The van der Waals surface area contributed by atoms with Crippen LogP contribution in [0.1, 0.15) is 42.4 Å². The van der Waals surface area contributed by atoms with E-state index in [0.717, 1.165) is 22.5 Å². The molecule has 0 fully saturated rings. The zero-order chi connectivity index (χ0) is 22.1. The second-order valence-electron chi connectivity index (χ2n) is 8.09. The molecule has 0 aliphatic carbocycles. The Labute approximate surface area is 174 Å². The summed E-state index contributed by atoms with van der Waals surface area (Å²) in [6, 6.07) is 11.2. The molecular weight excluding hydrogens is 385 g/mol. The molecule has 0 spiro atoms. The molecular formula is C23H24FN3O3. The number of halogens is 1. The van der Waals surface area contributed by atoms with Crippen LogP contribution in [0.2, 0.25) is 0 Å². The number of nitrogens with zero attached hydrogens (tertiary/aromatic N) is 1. The van der Waals surface area contributed by atoms with Crippen molar-refractivity contribution in [2.45, 2.75) is 40.2 Å². The van der Waals surface area contributed by atoms with Gasteiger partial charge in [0.05, 0.1) is 28.1 Å². The summed E-state index contributed by atoms with van der Waals surface area (Å²) >= 11 is 0. The zero-order valence-corrected chi connectivity index (χ0v) is 17.6. The Balaban J connectivity index is 1.89. The predicted octanol–water partition coefficient (Wildman–Crippen LogP) is 5.59. The summed E-state index contributed by atoms with van der Waals surface area (Å²) in [5.74, 6) is -1.01. The van der Waals surface area contributed by atoms with Gasteiger partial charge in [0.2, 0.25) is 0 Å². The number of amides is 2. The fraction of sp³-hybridized carbons (Fsp3) is 0.261. The topological polar surface area (TPSA) is 80.3 Å². The molecule has 7 heteroatoms. The van der Waals surface area contributed by atoms with Crippen LogP contribution in [-0.2, 0) is 4.74 Å². The van der Waals surface area contributed by atoms with Crippen molar-refractivity contribution in [2.75, 3.05) is 10.6 Å². The fourth-order valence-electron chi connectivity index (χ4n) is 2.95. The summed E-state index contributed by atoms with van der Waals surface area (Å²) in [6.45, 7) is 8.89. The lowest BCUT2D eigenvalue weighted by molar-refractivity contribution is 0.0635. The van der Waals surface area contributed by atoms with Crippen molar-refractivity contribution in [1.82, 2.24) is 4.98 Å². The first kappa shape index (κ1) is 21.2. The van der Waals surface area contributed by atoms with Crippen LogP contribution in [0.25, 0.3) is 10.9 Å². The van der Waals surface area contributed by atoms with Crippen LogP contribution >= 0.6 is 0 Å². The molecule has 1 aromatic heterocycles. The van der Waals surface area contributed by atoms with Gasteiger partial charge in [-0.05, 0) is 71.0 Å². The Kier molecular flexibility index (Phi) is 5.73. The van der Waals surface area contributed by atoms with Gasteiger partial charge in [-0.2, -0.15) is 0 Å². The minimum atomic E-state index is -0.705. The largest absolute Gasteiger partial charge is 0.444 e. The van der Waals surface area contributed by atoms with Crippen LogP contribution in [0.3, 0.4) is 0 Å². The van der Waals surface area contributed by atoms with Gasteiger partial charge in [-0.15, -0.1) is 0 Å². The standard InChI is InChI=1S/C23H24FN3O3/c1-13-6-8-18-15(10-13)11-17(14(2)25-18)21(28)26-20-12-16(24)7-9-19(20)27-22(29)30-23(3,4)5/h6-12H,1-5H3,(H,26,28)(H,27,29). The molecule has 30 heavy (non-hydrogen) atoms.